The molecule has 0 unspecified atom stereocenters. The van der Waals surface area contributed by atoms with Crippen molar-refractivity contribution < 1.29 is 14.3 Å². The molecule has 1 amide bonds. The van der Waals surface area contributed by atoms with E-state index in [0.29, 0.717) is 38.2 Å². The van der Waals surface area contributed by atoms with Crippen LogP contribution in [0.1, 0.15) is 31.4 Å². The molecule has 4 heteroatoms. The van der Waals surface area contributed by atoms with Gasteiger partial charge in [0.05, 0.1) is 19.8 Å². The van der Waals surface area contributed by atoms with Gasteiger partial charge in [-0.05, 0) is 29.4 Å². The lowest BCUT2D eigenvalue weighted by molar-refractivity contribution is 0.0891. The van der Waals surface area contributed by atoms with E-state index in [4.69, 9.17) is 9.47 Å². The summed E-state index contributed by atoms with van der Waals surface area (Å²) in [6.07, 6.45) is 0.771. The summed E-state index contributed by atoms with van der Waals surface area (Å²) in [5.41, 5.74) is 2.40. The van der Waals surface area contributed by atoms with Crippen molar-refractivity contribution in [2.75, 3.05) is 26.8 Å². The van der Waals surface area contributed by atoms with Gasteiger partial charge in [-0.2, -0.15) is 0 Å². The van der Waals surface area contributed by atoms with Crippen LogP contribution in [0.4, 0.5) is 4.79 Å². The number of ether oxygens (including phenoxy) is 2. The molecule has 0 aromatic heterocycles. The monoisotopic (exact) mass is 381 g/mol. The van der Waals surface area contributed by atoms with Crippen molar-refractivity contribution in [3.8, 4) is 0 Å². The topological polar surface area (TPSA) is 38.8 Å². The van der Waals surface area contributed by atoms with Gasteiger partial charge in [-0.25, -0.2) is 4.79 Å². The van der Waals surface area contributed by atoms with Crippen molar-refractivity contribution in [3.05, 3.63) is 71.8 Å². The third-order valence-electron chi connectivity index (χ3n) is 5.38. The Morgan fingerprint density at radius 1 is 1.11 bits per heavy atom. The average molecular weight is 382 g/mol. The van der Waals surface area contributed by atoms with Crippen LogP contribution in [0, 0.1) is 11.8 Å². The van der Waals surface area contributed by atoms with Crippen LogP contribution in [0.2, 0.25) is 0 Å². The summed E-state index contributed by atoms with van der Waals surface area (Å²) >= 11 is 0. The first kappa shape index (κ1) is 20.4. The Morgan fingerprint density at radius 2 is 1.75 bits per heavy atom. The molecule has 0 spiro atoms. The van der Waals surface area contributed by atoms with Gasteiger partial charge >= 0.3 is 6.09 Å². The van der Waals surface area contributed by atoms with Crippen molar-refractivity contribution >= 4 is 6.09 Å². The Hall–Kier alpha value is -2.33. The van der Waals surface area contributed by atoms with Gasteiger partial charge in [0.1, 0.15) is 0 Å². The first-order valence-electron chi connectivity index (χ1n) is 10.1. The predicted molar refractivity (Wildman–Crippen MR) is 111 cm³/mol. The van der Waals surface area contributed by atoms with Crippen molar-refractivity contribution in [1.82, 2.24) is 4.90 Å². The largest absolute Gasteiger partial charge is 0.449 e. The van der Waals surface area contributed by atoms with Crippen LogP contribution < -0.4 is 0 Å². The number of nitrogens with zero attached hydrogens (tertiary/aromatic N) is 1. The number of hydrogen-bond acceptors (Lipinski definition) is 3. The molecule has 4 nitrogen and oxygen atoms in total. The fourth-order valence-electron chi connectivity index (χ4n) is 3.74. The highest BCUT2D eigenvalue weighted by molar-refractivity contribution is 5.67. The first-order valence-corrected chi connectivity index (χ1v) is 10.1. The zero-order valence-corrected chi connectivity index (χ0v) is 17.1. The van der Waals surface area contributed by atoms with Gasteiger partial charge in [0.2, 0.25) is 0 Å². The summed E-state index contributed by atoms with van der Waals surface area (Å²) < 4.78 is 11.4. The van der Waals surface area contributed by atoms with E-state index < -0.39 is 0 Å². The summed E-state index contributed by atoms with van der Waals surface area (Å²) in [5.74, 6) is 0.736. The lowest BCUT2D eigenvalue weighted by atomic mass is 9.93. The molecule has 3 rings (SSSR count). The Morgan fingerprint density at radius 3 is 2.39 bits per heavy atom. The number of hydrogen-bond donors (Lipinski definition) is 0. The number of carbonyl (C=O) groups is 1. The number of rotatable bonds is 9. The maximum atomic E-state index is 12.4. The molecule has 1 saturated carbocycles. The maximum Gasteiger partial charge on any atom is 0.409 e. The summed E-state index contributed by atoms with van der Waals surface area (Å²) in [4.78, 5) is 14.1. The van der Waals surface area contributed by atoms with Crippen LogP contribution >= 0.6 is 0 Å². The third kappa shape index (κ3) is 5.14. The minimum absolute atomic E-state index is 0.0520. The second kappa shape index (κ2) is 9.24. The Kier molecular flexibility index (Phi) is 6.74. The lowest BCUT2D eigenvalue weighted by Crippen LogP contribution is -2.36. The quantitative estimate of drug-likeness (QED) is 0.621. The van der Waals surface area contributed by atoms with Gasteiger partial charge < -0.3 is 14.4 Å². The molecule has 2 atom stereocenters. The molecule has 0 heterocycles. The second-order valence-electron chi connectivity index (χ2n) is 8.25. The SMILES string of the molecule is CC(C)COC(=O)N(C)C[C@]1(c2ccccc2)C[C@H]1COCc1ccccc1. The van der Waals surface area contributed by atoms with Crippen molar-refractivity contribution in [3.63, 3.8) is 0 Å². The highest BCUT2D eigenvalue weighted by atomic mass is 16.6. The molecule has 0 saturated heterocycles. The Balaban J connectivity index is 1.61. The van der Waals surface area contributed by atoms with Crippen LogP contribution in [0.3, 0.4) is 0 Å². The molecule has 0 bridgehead atoms. The van der Waals surface area contributed by atoms with E-state index in [9.17, 15) is 4.79 Å². The van der Waals surface area contributed by atoms with E-state index in [2.05, 4.69) is 36.4 Å². The minimum Gasteiger partial charge on any atom is -0.449 e. The van der Waals surface area contributed by atoms with Gasteiger partial charge in [-0.3, -0.25) is 0 Å². The molecule has 1 aliphatic carbocycles. The van der Waals surface area contributed by atoms with Crippen LogP contribution in [-0.4, -0.2) is 37.8 Å². The lowest BCUT2D eigenvalue weighted by Gasteiger charge is -2.25. The fraction of sp³-hybridized carbons (Fsp3) is 0.458. The molecule has 0 N–H and O–H groups in total. The van der Waals surface area contributed by atoms with E-state index >= 15 is 0 Å². The van der Waals surface area contributed by atoms with Crippen molar-refractivity contribution in [1.29, 1.82) is 0 Å². The smallest absolute Gasteiger partial charge is 0.409 e. The van der Waals surface area contributed by atoms with Gasteiger partial charge in [0.15, 0.2) is 0 Å². The zero-order chi connectivity index (χ0) is 20.0. The van der Waals surface area contributed by atoms with Crippen molar-refractivity contribution in [2.24, 2.45) is 11.8 Å². The van der Waals surface area contributed by atoms with Gasteiger partial charge in [0.25, 0.3) is 0 Å². The number of benzene rings is 2. The highest BCUT2D eigenvalue weighted by Gasteiger charge is 2.56. The van der Waals surface area contributed by atoms with Gasteiger partial charge in [0, 0.05) is 19.0 Å². The van der Waals surface area contributed by atoms with Crippen molar-refractivity contribution in [2.45, 2.75) is 32.3 Å². The number of amides is 1. The van der Waals surface area contributed by atoms with Crippen LogP contribution in [-0.2, 0) is 21.5 Å². The minimum atomic E-state index is -0.250. The molecule has 2 aromatic rings. The number of likely N-dealkylation sites (N-methyl/N-ethyl adjacent to an activating group) is 1. The van der Waals surface area contributed by atoms with Crippen LogP contribution in [0.25, 0.3) is 0 Å². The zero-order valence-electron chi connectivity index (χ0n) is 17.1. The summed E-state index contributed by atoms with van der Waals surface area (Å²) in [5, 5.41) is 0. The maximum absolute atomic E-state index is 12.4. The molecule has 150 valence electrons. The number of carbonyl (C=O) groups excluding carboxylic acids is 1. The van der Waals surface area contributed by atoms with E-state index in [1.165, 1.54) is 11.1 Å². The van der Waals surface area contributed by atoms with Crippen LogP contribution in [0.5, 0.6) is 0 Å². The summed E-state index contributed by atoms with van der Waals surface area (Å²) in [6.45, 7) is 6.49. The van der Waals surface area contributed by atoms with E-state index in [0.717, 1.165) is 6.42 Å². The molecule has 0 aliphatic heterocycles. The van der Waals surface area contributed by atoms with E-state index in [1.54, 1.807) is 4.90 Å². The standard InChI is InChI=1S/C24H31NO3/c1-19(2)15-28-23(26)25(3)18-24(21-12-8-5-9-13-21)14-22(24)17-27-16-20-10-6-4-7-11-20/h4-13,19,22H,14-18H2,1-3H3/t22-,24-/m0/s1. The van der Waals surface area contributed by atoms with E-state index in [1.807, 2.05) is 45.2 Å². The molecular formula is C24H31NO3. The van der Waals surface area contributed by atoms with Crippen LogP contribution in [0.15, 0.2) is 60.7 Å². The first-order chi connectivity index (χ1) is 13.5. The normalized spacial score (nSPS) is 20.8. The second-order valence-corrected chi connectivity index (χ2v) is 8.25. The molecule has 1 aliphatic rings. The van der Waals surface area contributed by atoms with Gasteiger partial charge in [-0.15, -0.1) is 0 Å². The highest BCUT2D eigenvalue weighted by Crippen LogP contribution is 2.54. The summed E-state index contributed by atoms with van der Waals surface area (Å²) in [7, 11) is 1.83. The fourth-order valence-corrected chi connectivity index (χ4v) is 3.74. The molecule has 2 aromatic carbocycles. The average Bonchev–Trinajstić information content (AvgIpc) is 3.41. The van der Waals surface area contributed by atoms with Gasteiger partial charge in [-0.1, -0.05) is 74.5 Å². The molecule has 28 heavy (non-hydrogen) atoms. The molecule has 1 fully saturated rings. The summed E-state index contributed by atoms with van der Waals surface area (Å²) in [6, 6.07) is 20.7. The Bertz CT molecular complexity index is 747. The predicted octanol–water partition coefficient (Wildman–Crippen LogP) is 4.89. The molecule has 0 radical (unpaired) electrons. The third-order valence-corrected chi connectivity index (χ3v) is 5.38. The van der Waals surface area contributed by atoms with E-state index in [-0.39, 0.29) is 11.5 Å². The Labute approximate surface area is 168 Å². The molecular weight excluding hydrogens is 350 g/mol.